The Labute approximate surface area is 108 Å². The summed E-state index contributed by atoms with van der Waals surface area (Å²) in [6.07, 6.45) is 1.62. The molecule has 0 aliphatic rings. The minimum absolute atomic E-state index is 0.593. The van der Waals surface area contributed by atoms with Crippen LogP contribution in [0.1, 0.15) is 11.1 Å². The van der Waals surface area contributed by atoms with E-state index in [0.717, 1.165) is 15.7 Å². The smallest absolute Gasteiger partial charge is 0.131 e. The predicted molar refractivity (Wildman–Crippen MR) is 71.1 cm³/mol. The van der Waals surface area contributed by atoms with Gasteiger partial charge in [-0.15, -0.1) is 0 Å². The van der Waals surface area contributed by atoms with E-state index in [1.54, 1.807) is 18.3 Å². The Kier molecular flexibility index (Phi) is 3.40. The molecule has 0 spiro atoms. The lowest BCUT2D eigenvalue weighted by Crippen LogP contribution is -1.96. The molecule has 1 N–H and O–H groups in total. The number of nitriles is 1. The maximum Gasteiger partial charge on any atom is 0.131 e. The van der Waals surface area contributed by atoms with Crippen LogP contribution in [0, 0.1) is 18.3 Å². The van der Waals surface area contributed by atoms with E-state index in [0.29, 0.717) is 11.4 Å². The van der Waals surface area contributed by atoms with Crippen molar-refractivity contribution in [3.05, 3.63) is 52.1 Å². The molecule has 0 aliphatic heterocycles. The van der Waals surface area contributed by atoms with E-state index >= 15 is 0 Å². The van der Waals surface area contributed by atoms with E-state index < -0.39 is 0 Å². The molecule has 0 radical (unpaired) electrons. The number of rotatable bonds is 2. The largest absolute Gasteiger partial charge is 0.340 e. The van der Waals surface area contributed by atoms with Crippen LogP contribution in [0.3, 0.4) is 0 Å². The highest BCUT2D eigenvalue weighted by Gasteiger charge is 2.03. The third-order valence-corrected chi connectivity index (χ3v) is 3.28. The van der Waals surface area contributed by atoms with Gasteiger partial charge in [0.15, 0.2) is 0 Å². The molecule has 4 heteroatoms. The van der Waals surface area contributed by atoms with Crippen molar-refractivity contribution in [1.82, 2.24) is 4.98 Å². The van der Waals surface area contributed by atoms with Crippen molar-refractivity contribution in [2.24, 2.45) is 0 Å². The second kappa shape index (κ2) is 4.98. The van der Waals surface area contributed by atoms with Crippen LogP contribution >= 0.6 is 15.9 Å². The number of benzene rings is 1. The van der Waals surface area contributed by atoms with Gasteiger partial charge in [0.05, 0.1) is 11.6 Å². The van der Waals surface area contributed by atoms with Gasteiger partial charge < -0.3 is 5.32 Å². The van der Waals surface area contributed by atoms with Crippen molar-refractivity contribution in [1.29, 1.82) is 5.26 Å². The van der Waals surface area contributed by atoms with Gasteiger partial charge in [-0.05, 0) is 36.8 Å². The summed E-state index contributed by atoms with van der Waals surface area (Å²) < 4.78 is 1.04. The fourth-order valence-corrected chi connectivity index (χ4v) is 1.82. The highest BCUT2D eigenvalue weighted by atomic mass is 79.9. The first kappa shape index (κ1) is 11.6. The molecule has 1 heterocycles. The van der Waals surface area contributed by atoms with E-state index in [-0.39, 0.29) is 0 Å². The number of nitrogens with zero attached hydrogens (tertiary/aromatic N) is 2. The summed E-state index contributed by atoms with van der Waals surface area (Å²) in [5.74, 6) is 0.672. The third kappa shape index (κ3) is 2.63. The highest BCUT2D eigenvalue weighted by molar-refractivity contribution is 9.10. The molecule has 0 aliphatic carbocycles. The van der Waals surface area contributed by atoms with Crippen LogP contribution in [0.2, 0.25) is 0 Å². The lowest BCUT2D eigenvalue weighted by Gasteiger charge is -2.09. The van der Waals surface area contributed by atoms with Crippen LogP contribution < -0.4 is 5.32 Å². The van der Waals surface area contributed by atoms with Crippen molar-refractivity contribution < 1.29 is 0 Å². The normalized spacial score (nSPS) is 9.71. The van der Waals surface area contributed by atoms with Crippen molar-refractivity contribution in [2.45, 2.75) is 6.92 Å². The van der Waals surface area contributed by atoms with Crippen LogP contribution in [-0.4, -0.2) is 4.98 Å². The zero-order valence-electron chi connectivity index (χ0n) is 9.24. The second-order valence-electron chi connectivity index (χ2n) is 3.58. The van der Waals surface area contributed by atoms with Crippen LogP contribution in [0.25, 0.3) is 0 Å². The maximum atomic E-state index is 8.81. The molecule has 0 unspecified atom stereocenters. The molecule has 1 aromatic carbocycles. The minimum atomic E-state index is 0.593. The van der Waals surface area contributed by atoms with Crippen LogP contribution in [0.4, 0.5) is 11.5 Å². The summed E-state index contributed by atoms with van der Waals surface area (Å²) >= 11 is 3.47. The quantitative estimate of drug-likeness (QED) is 0.915. The molecular weight excluding hydrogens is 278 g/mol. The fourth-order valence-electron chi connectivity index (χ4n) is 1.45. The molecule has 0 amide bonds. The summed E-state index contributed by atoms with van der Waals surface area (Å²) in [5.41, 5.74) is 2.67. The molecule has 84 valence electrons. The summed E-state index contributed by atoms with van der Waals surface area (Å²) in [4.78, 5) is 4.18. The van der Waals surface area contributed by atoms with E-state index in [1.165, 1.54) is 0 Å². The first-order valence-corrected chi connectivity index (χ1v) is 5.88. The molecule has 0 fully saturated rings. The molecule has 0 atom stereocenters. The minimum Gasteiger partial charge on any atom is -0.340 e. The van der Waals surface area contributed by atoms with Gasteiger partial charge in [-0.3, -0.25) is 0 Å². The van der Waals surface area contributed by atoms with Gasteiger partial charge in [0.2, 0.25) is 0 Å². The molecule has 17 heavy (non-hydrogen) atoms. The summed E-state index contributed by atoms with van der Waals surface area (Å²) in [6.45, 7) is 2.01. The molecule has 3 nitrogen and oxygen atoms in total. The average molecular weight is 288 g/mol. The fraction of sp³-hybridized carbons (Fsp3) is 0.0769. The number of nitrogens with one attached hydrogen (secondary N) is 1. The summed E-state index contributed by atoms with van der Waals surface area (Å²) in [6, 6.07) is 11.4. The van der Waals surface area contributed by atoms with Crippen LogP contribution in [0.5, 0.6) is 0 Å². The number of anilines is 2. The van der Waals surface area contributed by atoms with E-state index in [4.69, 9.17) is 5.26 Å². The Morgan fingerprint density at radius 3 is 2.94 bits per heavy atom. The first-order chi connectivity index (χ1) is 8.20. The van der Waals surface area contributed by atoms with Gasteiger partial charge in [-0.2, -0.15) is 5.26 Å². The highest BCUT2D eigenvalue weighted by Crippen LogP contribution is 2.25. The van der Waals surface area contributed by atoms with Gasteiger partial charge in [-0.1, -0.05) is 22.0 Å². The lowest BCUT2D eigenvalue weighted by molar-refractivity contribution is 1.28. The molecule has 2 aromatic rings. The SMILES string of the molecule is Cc1c(Br)cccc1Nc1cc(C#N)ccn1. The number of pyridine rings is 1. The van der Waals surface area contributed by atoms with Crippen molar-refractivity contribution in [3.63, 3.8) is 0 Å². The van der Waals surface area contributed by atoms with Gasteiger partial charge >= 0.3 is 0 Å². The lowest BCUT2D eigenvalue weighted by atomic mass is 10.2. The molecular formula is C13H10BrN3. The Balaban J connectivity index is 2.32. The zero-order chi connectivity index (χ0) is 12.3. The second-order valence-corrected chi connectivity index (χ2v) is 4.43. The molecule has 1 aromatic heterocycles. The molecule has 0 saturated heterocycles. The van der Waals surface area contributed by atoms with E-state index in [9.17, 15) is 0 Å². The molecule has 2 rings (SSSR count). The number of halogens is 1. The zero-order valence-corrected chi connectivity index (χ0v) is 10.8. The monoisotopic (exact) mass is 287 g/mol. The Hall–Kier alpha value is -1.86. The Morgan fingerprint density at radius 2 is 2.18 bits per heavy atom. The first-order valence-electron chi connectivity index (χ1n) is 5.09. The van der Waals surface area contributed by atoms with Gasteiger partial charge in [0.1, 0.15) is 5.82 Å². The van der Waals surface area contributed by atoms with Crippen molar-refractivity contribution >= 4 is 27.4 Å². The maximum absolute atomic E-state index is 8.81. The van der Waals surface area contributed by atoms with Gasteiger partial charge in [-0.25, -0.2) is 4.98 Å². The van der Waals surface area contributed by atoms with Crippen LogP contribution in [0.15, 0.2) is 41.0 Å². The summed E-state index contributed by atoms with van der Waals surface area (Å²) in [7, 11) is 0. The Bertz CT molecular complexity index is 587. The average Bonchev–Trinajstić information content (AvgIpc) is 2.35. The third-order valence-electron chi connectivity index (χ3n) is 2.42. The number of aromatic nitrogens is 1. The summed E-state index contributed by atoms with van der Waals surface area (Å²) in [5, 5.41) is 12.0. The van der Waals surface area contributed by atoms with Crippen LogP contribution in [-0.2, 0) is 0 Å². The number of hydrogen-bond acceptors (Lipinski definition) is 3. The predicted octanol–water partition coefficient (Wildman–Crippen LogP) is 3.77. The standard InChI is InChI=1S/C13H10BrN3/c1-9-11(14)3-2-4-12(9)17-13-7-10(8-15)5-6-16-13/h2-7H,1H3,(H,16,17). The van der Waals surface area contributed by atoms with Gasteiger partial charge in [0, 0.05) is 16.4 Å². The topological polar surface area (TPSA) is 48.7 Å². The Morgan fingerprint density at radius 1 is 1.35 bits per heavy atom. The van der Waals surface area contributed by atoms with E-state index in [1.807, 2.05) is 25.1 Å². The van der Waals surface area contributed by atoms with Crippen molar-refractivity contribution in [2.75, 3.05) is 5.32 Å². The van der Waals surface area contributed by atoms with E-state index in [2.05, 4.69) is 32.3 Å². The van der Waals surface area contributed by atoms with Gasteiger partial charge in [0.25, 0.3) is 0 Å². The number of hydrogen-bond donors (Lipinski definition) is 1. The molecule has 0 bridgehead atoms. The molecule has 0 saturated carbocycles. The van der Waals surface area contributed by atoms with Crippen molar-refractivity contribution in [3.8, 4) is 6.07 Å².